The van der Waals surface area contributed by atoms with Crippen molar-refractivity contribution in [3.8, 4) is 5.75 Å². The summed E-state index contributed by atoms with van der Waals surface area (Å²) in [5.74, 6) is -0.0285. The highest BCUT2D eigenvalue weighted by Gasteiger charge is 2.17. The molecule has 110 valence electrons. The number of hydrogen-bond acceptors (Lipinski definition) is 5. The SMILES string of the molecule is O=[N+]([O-])c1cccc(S(=O)(=O)NCc2ccccc2O)c1. The molecule has 0 unspecified atom stereocenters. The number of nitrogens with one attached hydrogen (secondary N) is 1. The Bertz CT molecular complexity index is 774. The van der Waals surface area contributed by atoms with Gasteiger partial charge in [-0.15, -0.1) is 0 Å². The highest BCUT2D eigenvalue weighted by atomic mass is 32.2. The number of hydrogen-bond donors (Lipinski definition) is 2. The van der Waals surface area contributed by atoms with Crippen LogP contribution in [0.25, 0.3) is 0 Å². The number of nitrogens with zero attached hydrogens (tertiary/aromatic N) is 1. The number of rotatable bonds is 5. The van der Waals surface area contributed by atoms with Gasteiger partial charge in [-0.1, -0.05) is 24.3 Å². The van der Waals surface area contributed by atoms with Crippen LogP contribution >= 0.6 is 0 Å². The Kier molecular flexibility index (Phi) is 4.20. The Morgan fingerprint density at radius 2 is 1.86 bits per heavy atom. The monoisotopic (exact) mass is 308 g/mol. The summed E-state index contributed by atoms with van der Waals surface area (Å²) in [7, 11) is -3.90. The third-order valence-electron chi connectivity index (χ3n) is 2.78. The third-order valence-corrected chi connectivity index (χ3v) is 4.18. The first-order valence-corrected chi connectivity index (χ1v) is 7.39. The molecule has 2 aromatic rings. The zero-order valence-corrected chi connectivity index (χ0v) is 11.6. The van der Waals surface area contributed by atoms with Crippen LogP contribution in [0.5, 0.6) is 5.75 Å². The van der Waals surface area contributed by atoms with E-state index in [1.165, 1.54) is 24.3 Å². The number of non-ortho nitro benzene ring substituents is 1. The molecule has 0 atom stereocenters. The summed E-state index contributed by atoms with van der Waals surface area (Å²) in [6.45, 7) is -0.113. The van der Waals surface area contributed by atoms with Crippen LogP contribution in [0.1, 0.15) is 5.56 Å². The van der Waals surface area contributed by atoms with Crippen molar-refractivity contribution in [3.05, 3.63) is 64.2 Å². The molecule has 0 fully saturated rings. The quantitative estimate of drug-likeness (QED) is 0.646. The van der Waals surface area contributed by atoms with E-state index in [1.54, 1.807) is 18.2 Å². The average Bonchev–Trinajstić information content (AvgIpc) is 2.46. The van der Waals surface area contributed by atoms with Crippen molar-refractivity contribution < 1.29 is 18.4 Å². The molecule has 0 aliphatic rings. The topological polar surface area (TPSA) is 110 Å². The molecule has 0 aliphatic carbocycles. The Hall–Kier alpha value is -2.45. The lowest BCUT2D eigenvalue weighted by Gasteiger charge is -2.08. The van der Waals surface area contributed by atoms with Crippen LogP contribution in [0.4, 0.5) is 5.69 Å². The van der Waals surface area contributed by atoms with Crippen molar-refractivity contribution in [3.63, 3.8) is 0 Å². The number of para-hydroxylation sites is 1. The molecule has 0 spiro atoms. The fourth-order valence-electron chi connectivity index (χ4n) is 1.68. The zero-order chi connectivity index (χ0) is 15.5. The molecule has 2 rings (SSSR count). The van der Waals surface area contributed by atoms with E-state index in [0.29, 0.717) is 5.56 Å². The van der Waals surface area contributed by atoms with Crippen LogP contribution in [-0.4, -0.2) is 18.4 Å². The summed E-state index contributed by atoms with van der Waals surface area (Å²) in [6.07, 6.45) is 0. The zero-order valence-electron chi connectivity index (χ0n) is 10.8. The number of aromatic hydroxyl groups is 1. The molecule has 0 saturated heterocycles. The lowest BCUT2D eigenvalue weighted by atomic mass is 10.2. The first-order chi connectivity index (χ1) is 9.90. The van der Waals surface area contributed by atoms with E-state index >= 15 is 0 Å². The number of sulfonamides is 1. The molecule has 21 heavy (non-hydrogen) atoms. The van der Waals surface area contributed by atoms with Crippen LogP contribution in [0.15, 0.2) is 53.4 Å². The van der Waals surface area contributed by atoms with Gasteiger partial charge in [0.2, 0.25) is 10.0 Å². The van der Waals surface area contributed by atoms with E-state index in [9.17, 15) is 23.6 Å². The molecule has 8 heteroatoms. The minimum Gasteiger partial charge on any atom is -0.508 e. The van der Waals surface area contributed by atoms with Crippen LogP contribution in [0.3, 0.4) is 0 Å². The maximum atomic E-state index is 12.1. The molecule has 0 aromatic heterocycles. The second-order valence-electron chi connectivity index (χ2n) is 4.21. The van der Waals surface area contributed by atoms with E-state index in [2.05, 4.69) is 4.72 Å². The van der Waals surface area contributed by atoms with Crippen molar-refractivity contribution in [1.82, 2.24) is 4.72 Å². The van der Waals surface area contributed by atoms with E-state index in [1.807, 2.05) is 0 Å². The number of benzene rings is 2. The van der Waals surface area contributed by atoms with E-state index in [-0.39, 0.29) is 22.9 Å². The van der Waals surface area contributed by atoms with E-state index < -0.39 is 14.9 Å². The van der Waals surface area contributed by atoms with Crippen molar-refractivity contribution in [2.24, 2.45) is 0 Å². The highest BCUT2D eigenvalue weighted by Crippen LogP contribution is 2.19. The molecule has 0 radical (unpaired) electrons. The standard InChI is InChI=1S/C13H12N2O5S/c16-13-7-2-1-4-10(13)9-14-21(19,20)12-6-3-5-11(8-12)15(17)18/h1-8,14,16H,9H2. The van der Waals surface area contributed by atoms with Gasteiger partial charge in [0.15, 0.2) is 0 Å². The first kappa shape index (κ1) is 14.9. The summed E-state index contributed by atoms with van der Waals surface area (Å²) in [4.78, 5) is 9.79. The molecular weight excluding hydrogens is 296 g/mol. The van der Waals surface area contributed by atoms with Crippen LogP contribution in [0.2, 0.25) is 0 Å². The first-order valence-electron chi connectivity index (χ1n) is 5.91. The van der Waals surface area contributed by atoms with Crippen molar-refractivity contribution in [1.29, 1.82) is 0 Å². The van der Waals surface area contributed by atoms with Crippen LogP contribution in [0, 0.1) is 10.1 Å². The number of phenolic OH excluding ortho intramolecular Hbond substituents is 1. The second kappa shape index (κ2) is 5.90. The van der Waals surface area contributed by atoms with Gasteiger partial charge < -0.3 is 5.11 Å². The fraction of sp³-hybridized carbons (Fsp3) is 0.0769. The van der Waals surface area contributed by atoms with Gasteiger partial charge in [0, 0.05) is 24.2 Å². The van der Waals surface area contributed by atoms with E-state index in [4.69, 9.17) is 0 Å². The fourth-order valence-corrected chi connectivity index (χ4v) is 2.73. The van der Waals surface area contributed by atoms with Gasteiger partial charge in [-0.3, -0.25) is 10.1 Å². The predicted molar refractivity (Wildman–Crippen MR) is 75.2 cm³/mol. The van der Waals surface area contributed by atoms with Crippen molar-refractivity contribution in [2.75, 3.05) is 0 Å². The maximum Gasteiger partial charge on any atom is 0.270 e. The van der Waals surface area contributed by atoms with Crippen LogP contribution < -0.4 is 4.72 Å². The van der Waals surface area contributed by atoms with Crippen LogP contribution in [-0.2, 0) is 16.6 Å². The molecular formula is C13H12N2O5S. The molecule has 0 saturated carbocycles. The normalized spacial score (nSPS) is 11.2. The van der Waals surface area contributed by atoms with Crippen molar-refractivity contribution >= 4 is 15.7 Å². The Balaban J connectivity index is 2.21. The van der Waals surface area contributed by atoms with Gasteiger partial charge in [-0.2, -0.15) is 0 Å². The molecule has 2 N–H and O–H groups in total. The summed E-state index contributed by atoms with van der Waals surface area (Å²) >= 11 is 0. The number of phenols is 1. The molecule has 7 nitrogen and oxygen atoms in total. The minimum absolute atomic E-state index is 0.0285. The number of nitro groups is 1. The Labute approximate surface area is 121 Å². The highest BCUT2D eigenvalue weighted by molar-refractivity contribution is 7.89. The molecule has 0 aliphatic heterocycles. The molecule has 0 bridgehead atoms. The van der Waals surface area contributed by atoms with Gasteiger partial charge >= 0.3 is 0 Å². The van der Waals surface area contributed by atoms with Gasteiger partial charge in [-0.25, -0.2) is 13.1 Å². The van der Waals surface area contributed by atoms with Gasteiger partial charge in [0.25, 0.3) is 5.69 Å². The lowest BCUT2D eigenvalue weighted by Crippen LogP contribution is -2.23. The van der Waals surface area contributed by atoms with Gasteiger partial charge in [0.1, 0.15) is 5.75 Å². The summed E-state index contributed by atoms with van der Waals surface area (Å²) < 4.78 is 26.4. The Morgan fingerprint density at radius 1 is 1.14 bits per heavy atom. The molecule has 0 amide bonds. The van der Waals surface area contributed by atoms with E-state index in [0.717, 1.165) is 6.07 Å². The second-order valence-corrected chi connectivity index (χ2v) is 5.97. The summed E-state index contributed by atoms with van der Waals surface area (Å²) in [5, 5.41) is 20.2. The average molecular weight is 308 g/mol. The summed E-state index contributed by atoms with van der Waals surface area (Å²) in [5.41, 5.74) is 0.104. The third kappa shape index (κ3) is 3.56. The number of nitro benzene ring substituents is 1. The molecule has 2 aromatic carbocycles. The largest absolute Gasteiger partial charge is 0.508 e. The lowest BCUT2D eigenvalue weighted by molar-refractivity contribution is -0.385. The van der Waals surface area contributed by atoms with Gasteiger partial charge in [0.05, 0.1) is 9.82 Å². The maximum absolute atomic E-state index is 12.1. The summed E-state index contributed by atoms with van der Waals surface area (Å²) in [6, 6.07) is 11.1. The Morgan fingerprint density at radius 3 is 2.52 bits per heavy atom. The predicted octanol–water partition coefficient (Wildman–Crippen LogP) is 1.78. The molecule has 0 heterocycles. The smallest absolute Gasteiger partial charge is 0.270 e. The minimum atomic E-state index is -3.90. The van der Waals surface area contributed by atoms with Crippen molar-refractivity contribution in [2.45, 2.75) is 11.4 Å². The van der Waals surface area contributed by atoms with Gasteiger partial charge in [-0.05, 0) is 12.1 Å².